The van der Waals surface area contributed by atoms with Crippen LogP contribution in [0.2, 0.25) is 0 Å². The van der Waals surface area contributed by atoms with Crippen molar-refractivity contribution in [3.63, 3.8) is 0 Å². The lowest BCUT2D eigenvalue weighted by atomic mass is 10.4. The van der Waals surface area contributed by atoms with E-state index in [9.17, 15) is 4.79 Å². The molecule has 0 radical (unpaired) electrons. The number of hydrogen-bond donors (Lipinski definition) is 2. The largest absolute Gasteiger partial charge is 0.369 e. The monoisotopic (exact) mass is 305 g/mol. The second kappa shape index (κ2) is 7.70. The lowest BCUT2D eigenvalue weighted by molar-refractivity contribution is 0.103. The van der Waals surface area contributed by atoms with Crippen LogP contribution in [0.1, 0.15) is 16.1 Å². The van der Waals surface area contributed by atoms with Gasteiger partial charge in [0, 0.05) is 6.54 Å². The van der Waals surface area contributed by atoms with Gasteiger partial charge in [0.2, 0.25) is 0 Å². The van der Waals surface area contributed by atoms with E-state index in [1.165, 1.54) is 11.3 Å². The molecule has 0 saturated heterocycles. The lowest BCUT2D eigenvalue weighted by Crippen LogP contribution is -2.17. The molecular weight excluding hydrogens is 286 g/mol. The Balaban J connectivity index is 1.80. The number of aromatic nitrogens is 2. The number of nitrogens with zero attached hydrogens (tertiary/aromatic N) is 3. The number of carbonyl (C=O) groups is 1. The van der Waals surface area contributed by atoms with E-state index in [1.807, 2.05) is 31.6 Å². The molecule has 112 valence electrons. The van der Waals surface area contributed by atoms with Gasteiger partial charge in [-0.25, -0.2) is 0 Å². The summed E-state index contributed by atoms with van der Waals surface area (Å²) in [4.78, 5) is 14.6. The summed E-state index contributed by atoms with van der Waals surface area (Å²) in [6.07, 6.45) is 1.03. The van der Waals surface area contributed by atoms with Crippen LogP contribution < -0.4 is 10.6 Å². The maximum absolute atomic E-state index is 11.8. The summed E-state index contributed by atoms with van der Waals surface area (Å²) in [5, 5.41) is 15.8. The molecule has 0 spiro atoms. The molecule has 2 aromatic heterocycles. The quantitative estimate of drug-likeness (QED) is 0.767. The fourth-order valence-electron chi connectivity index (χ4n) is 1.69. The van der Waals surface area contributed by atoms with E-state index in [2.05, 4.69) is 25.7 Å². The van der Waals surface area contributed by atoms with Crippen LogP contribution in [0.3, 0.4) is 0 Å². The molecule has 0 atom stereocenters. The highest BCUT2D eigenvalue weighted by Crippen LogP contribution is 2.12. The molecule has 1 amide bonds. The zero-order valence-electron chi connectivity index (χ0n) is 12.2. The zero-order chi connectivity index (χ0) is 15.1. The second-order valence-corrected chi connectivity index (χ2v) is 5.77. The predicted molar refractivity (Wildman–Crippen MR) is 86.0 cm³/mol. The van der Waals surface area contributed by atoms with Crippen molar-refractivity contribution in [3.05, 3.63) is 34.5 Å². The number of anilines is 2. The van der Waals surface area contributed by atoms with Gasteiger partial charge in [-0.3, -0.25) is 4.79 Å². The van der Waals surface area contributed by atoms with Crippen LogP contribution in [0.5, 0.6) is 0 Å². The van der Waals surface area contributed by atoms with E-state index in [0.29, 0.717) is 16.5 Å². The van der Waals surface area contributed by atoms with Gasteiger partial charge in [-0.1, -0.05) is 6.07 Å². The fourth-order valence-corrected chi connectivity index (χ4v) is 2.31. The Kier molecular flexibility index (Phi) is 5.65. The molecule has 0 fully saturated rings. The highest BCUT2D eigenvalue weighted by Gasteiger charge is 2.07. The van der Waals surface area contributed by atoms with Gasteiger partial charge >= 0.3 is 0 Å². The van der Waals surface area contributed by atoms with E-state index in [1.54, 1.807) is 12.1 Å². The third kappa shape index (κ3) is 5.13. The molecule has 7 heteroatoms. The second-order valence-electron chi connectivity index (χ2n) is 4.82. The van der Waals surface area contributed by atoms with Crippen LogP contribution in [-0.4, -0.2) is 48.2 Å². The Morgan fingerprint density at radius 1 is 1.24 bits per heavy atom. The van der Waals surface area contributed by atoms with E-state index >= 15 is 0 Å². The smallest absolute Gasteiger partial charge is 0.266 e. The van der Waals surface area contributed by atoms with Crippen molar-refractivity contribution in [2.75, 3.05) is 37.8 Å². The summed E-state index contributed by atoms with van der Waals surface area (Å²) < 4.78 is 0. The summed E-state index contributed by atoms with van der Waals surface area (Å²) in [6.45, 7) is 1.86. The fraction of sp³-hybridized carbons (Fsp3) is 0.357. The van der Waals surface area contributed by atoms with Gasteiger partial charge < -0.3 is 15.5 Å². The molecule has 21 heavy (non-hydrogen) atoms. The zero-order valence-corrected chi connectivity index (χ0v) is 13.0. The van der Waals surface area contributed by atoms with Crippen molar-refractivity contribution in [3.8, 4) is 0 Å². The third-order valence-electron chi connectivity index (χ3n) is 2.74. The van der Waals surface area contributed by atoms with Gasteiger partial charge in [-0.05, 0) is 50.6 Å². The minimum absolute atomic E-state index is 0.161. The van der Waals surface area contributed by atoms with Gasteiger partial charge in [0.25, 0.3) is 5.91 Å². The maximum atomic E-state index is 11.8. The van der Waals surface area contributed by atoms with Gasteiger partial charge in [0.05, 0.1) is 4.88 Å². The van der Waals surface area contributed by atoms with Crippen LogP contribution >= 0.6 is 11.3 Å². The van der Waals surface area contributed by atoms with E-state index in [0.717, 1.165) is 19.5 Å². The van der Waals surface area contributed by atoms with Crippen LogP contribution in [0.4, 0.5) is 11.6 Å². The number of nitrogens with one attached hydrogen (secondary N) is 2. The maximum Gasteiger partial charge on any atom is 0.266 e. The molecule has 6 nitrogen and oxygen atoms in total. The topological polar surface area (TPSA) is 70.2 Å². The number of rotatable bonds is 7. The molecule has 0 aliphatic carbocycles. The van der Waals surface area contributed by atoms with Crippen molar-refractivity contribution in [2.24, 2.45) is 0 Å². The summed E-state index contributed by atoms with van der Waals surface area (Å²) in [7, 11) is 4.09. The summed E-state index contributed by atoms with van der Waals surface area (Å²) in [5.74, 6) is 1.00. The van der Waals surface area contributed by atoms with Crippen molar-refractivity contribution in [1.82, 2.24) is 15.1 Å². The Morgan fingerprint density at radius 2 is 2.00 bits per heavy atom. The standard InChI is InChI=1S/C14H19N5OS/c1-19(2)9-4-8-15-12-6-7-13(18-17-12)16-14(20)11-5-3-10-21-11/h3,5-7,10H,4,8-9H2,1-2H3,(H,15,17)(H,16,18,20). The molecule has 0 bridgehead atoms. The Hall–Kier alpha value is -1.99. The molecule has 2 aromatic rings. The minimum Gasteiger partial charge on any atom is -0.369 e. The molecule has 0 aromatic carbocycles. The Bertz CT molecular complexity index is 553. The molecule has 2 heterocycles. The molecule has 0 unspecified atom stereocenters. The van der Waals surface area contributed by atoms with Crippen LogP contribution in [0.25, 0.3) is 0 Å². The normalized spacial score (nSPS) is 10.6. The first-order valence-electron chi connectivity index (χ1n) is 6.72. The van der Waals surface area contributed by atoms with Crippen LogP contribution in [0.15, 0.2) is 29.6 Å². The number of hydrogen-bond acceptors (Lipinski definition) is 6. The first-order chi connectivity index (χ1) is 10.1. The highest BCUT2D eigenvalue weighted by atomic mass is 32.1. The average molecular weight is 305 g/mol. The van der Waals surface area contributed by atoms with Crippen molar-refractivity contribution in [2.45, 2.75) is 6.42 Å². The van der Waals surface area contributed by atoms with Gasteiger partial charge in [-0.15, -0.1) is 21.5 Å². The third-order valence-corrected chi connectivity index (χ3v) is 3.61. The SMILES string of the molecule is CN(C)CCCNc1ccc(NC(=O)c2cccs2)nn1. The van der Waals surface area contributed by atoms with Gasteiger partial charge in [-0.2, -0.15) is 0 Å². The van der Waals surface area contributed by atoms with E-state index < -0.39 is 0 Å². The van der Waals surface area contributed by atoms with Gasteiger partial charge in [0.15, 0.2) is 5.82 Å². The molecule has 0 aliphatic rings. The lowest BCUT2D eigenvalue weighted by Gasteiger charge is -2.10. The summed E-state index contributed by atoms with van der Waals surface area (Å²) >= 11 is 1.39. The number of carbonyl (C=O) groups excluding carboxylic acids is 1. The first-order valence-corrected chi connectivity index (χ1v) is 7.60. The van der Waals surface area contributed by atoms with Crippen LogP contribution in [0, 0.1) is 0 Å². The van der Waals surface area contributed by atoms with E-state index in [-0.39, 0.29) is 5.91 Å². The molecular formula is C14H19N5OS. The predicted octanol–water partition coefficient (Wildman–Crippen LogP) is 2.15. The Labute approximate surface area is 128 Å². The minimum atomic E-state index is -0.161. The first kappa shape index (κ1) is 15.4. The Morgan fingerprint density at radius 3 is 2.62 bits per heavy atom. The average Bonchev–Trinajstić information content (AvgIpc) is 2.99. The number of amides is 1. The van der Waals surface area contributed by atoms with Crippen LogP contribution in [-0.2, 0) is 0 Å². The van der Waals surface area contributed by atoms with Crippen molar-refractivity contribution in [1.29, 1.82) is 0 Å². The van der Waals surface area contributed by atoms with E-state index in [4.69, 9.17) is 0 Å². The summed E-state index contributed by atoms with van der Waals surface area (Å²) in [5.41, 5.74) is 0. The number of thiophene rings is 1. The molecule has 2 N–H and O–H groups in total. The summed E-state index contributed by atoms with van der Waals surface area (Å²) in [6, 6.07) is 7.17. The van der Waals surface area contributed by atoms with Crippen molar-refractivity contribution >= 4 is 28.9 Å². The highest BCUT2D eigenvalue weighted by molar-refractivity contribution is 7.12. The molecule has 2 rings (SSSR count). The van der Waals surface area contributed by atoms with Gasteiger partial charge in [0.1, 0.15) is 5.82 Å². The van der Waals surface area contributed by atoms with Crippen molar-refractivity contribution < 1.29 is 4.79 Å². The molecule has 0 aliphatic heterocycles. The molecule has 0 saturated carbocycles.